The molecule has 1 unspecified atom stereocenters. The Morgan fingerprint density at radius 3 is 2.47 bits per heavy atom. The zero-order valence-electron chi connectivity index (χ0n) is 9.24. The average molecular weight is 229 g/mol. The summed E-state index contributed by atoms with van der Waals surface area (Å²) in [5.41, 5.74) is 0.937. The van der Waals surface area contributed by atoms with Gasteiger partial charge in [0, 0.05) is 24.6 Å². The minimum atomic E-state index is 0.0179. The number of ether oxygens (including phenoxy) is 1. The lowest BCUT2D eigenvalue weighted by atomic mass is 10.2. The Kier molecular flexibility index (Phi) is 5.58. The van der Waals surface area contributed by atoms with E-state index < -0.39 is 0 Å². The van der Waals surface area contributed by atoms with Crippen molar-refractivity contribution in [3.05, 3.63) is 23.8 Å². The molecule has 0 fully saturated rings. The summed E-state index contributed by atoms with van der Waals surface area (Å²) < 4.78 is 5.58. The molecule has 1 atom stereocenters. The van der Waals surface area contributed by atoms with Gasteiger partial charge in [0.25, 0.3) is 0 Å². The number of hydrogen-bond donors (Lipinski definition) is 0. The fourth-order valence-electron chi connectivity index (χ4n) is 1.35. The van der Waals surface area contributed by atoms with Gasteiger partial charge in [-0.15, -0.1) is 11.6 Å². The average Bonchev–Trinajstić information content (AvgIpc) is 2.29. The van der Waals surface area contributed by atoms with Crippen LogP contribution in [0.3, 0.4) is 0 Å². The predicted octanol–water partition coefficient (Wildman–Crippen LogP) is 3.09. The van der Waals surface area contributed by atoms with Gasteiger partial charge in [0.1, 0.15) is 6.10 Å². The molecule has 84 valence electrons. The van der Waals surface area contributed by atoms with E-state index in [2.05, 4.69) is 16.9 Å². The highest BCUT2D eigenvalue weighted by Gasteiger charge is 2.12. The third-order valence-electron chi connectivity index (χ3n) is 2.09. The molecule has 0 aromatic carbocycles. The Hall–Kier alpha value is -0.670. The van der Waals surface area contributed by atoms with E-state index in [-0.39, 0.29) is 6.10 Å². The van der Waals surface area contributed by atoms with Crippen molar-refractivity contribution in [1.29, 1.82) is 0 Å². The maximum absolute atomic E-state index is 5.67. The Balaban J connectivity index is 2.72. The summed E-state index contributed by atoms with van der Waals surface area (Å²) in [6.07, 6.45) is 5.55. The zero-order valence-corrected chi connectivity index (χ0v) is 10.00. The lowest BCUT2D eigenvalue weighted by molar-refractivity contribution is 0.0493. The molecule has 0 bridgehead atoms. The van der Waals surface area contributed by atoms with Crippen molar-refractivity contribution in [3.63, 3.8) is 0 Å². The van der Waals surface area contributed by atoms with Crippen molar-refractivity contribution in [2.24, 2.45) is 0 Å². The molecule has 0 spiro atoms. The first-order valence-electron chi connectivity index (χ1n) is 5.30. The quantitative estimate of drug-likeness (QED) is 0.702. The van der Waals surface area contributed by atoms with Gasteiger partial charge < -0.3 is 4.74 Å². The second kappa shape index (κ2) is 6.75. The van der Waals surface area contributed by atoms with E-state index in [1.54, 1.807) is 12.4 Å². The van der Waals surface area contributed by atoms with Crippen LogP contribution in [-0.4, -0.2) is 16.6 Å². The number of rotatable bonds is 6. The minimum Gasteiger partial charge on any atom is -0.371 e. The molecule has 0 aliphatic carbocycles. The molecular weight excluding hydrogens is 212 g/mol. The van der Waals surface area contributed by atoms with E-state index in [1.807, 2.05) is 6.92 Å². The first kappa shape index (κ1) is 12.4. The highest BCUT2D eigenvalue weighted by molar-refractivity contribution is 6.17. The number of nitrogens with zero attached hydrogens (tertiary/aromatic N) is 2. The normalized spacial score (nSPS) is 12.7. The summed E-state index contributed by atoms with van der Waals surface area (Å²) in [6.45, 7) is 4.79. The number of hydrogen-bond acceptors (Lipinski definition) is 3. The van der Waals surface area contributed by atoms with Crippen molar-refractivity contribution in [2.75, 3.05) is 6.61 Å². The molecule has 0 saturated carbocycles. The van der Waals surface area contributed by atoms with Gasteiger partial charge in [-0.3, -0.25) is 0 Å². The number of halogens is 1. The van der Waals surface area contributed by atoms with Gasteiger partial charge >= 0.3 is 0 Å². The predicted molar refractivity (Wildman–Crippen MR) is 60.9 cm³/mol. The Morgan fingerprint density at radius 2 is 2.00 bits per heavy atom. The second-order valence-electron chi connectivity index (χ2n) is 3.32. The molecule has 1 rings (SSSR count). The molecule has 0 radical (unpaired) electrons. The topological polar surface area (TPSA) is 35.0 Å². The summed E-state index contributed by atoms with van der Waals surface area (Å²) in [5.74, 6) is 1.21. The van der Waals surface area contributed by atoms with Gasteiger partial charge in [0.15, 0.2) is 5.82 Å². The Bertz CT molecular complexity index is 270. The molecule has 0 N–H and O–H groups in total. The monoisotopic (exact) mass is 228 g/mol. The third-order valence-corrected chi connectivity index (χ3v) is 2.39. The van der Waals surface area contributed by atoms with E-state index in [0.29, 0.717) is 12.5 Å². The van der Waals surface area contributed by atoms with E-state index in [0.717, 1.165) is 24.2 Å². The Morgan fingerprint density at radius 1 is 1.33 bits per heavy atom. The van der Waals surface area contributed by atoms with Crippen LogP contribution in [0.5, 0.6) is 0 Å². The molecule has 1 heterocycles. The van der Waals surface area contributed by atoms with Crippen LogP contribution in [0.25, 0.3) is 0 Å². The fourth-order valence-corrected chi connectivity index (χ4v) is 1.49. The highest BCUT2D eigenvalue weighted by Crippen LogP contribution is 2.18. The first-order chi connectivity index (χ1) is 7.31. The Labute approximate surface area is 95.8 Å². The smallest absolute Gasteiger partial charge is 0.157 e. The van der Waals surface area contributed by atoms with Gasteiger partial charge in [-0.25, -0.2) is 9.97 Å². The summed E-state index contributed by atoms with van der Waals surface area (Å²) in [7, 11) is 0. The molecule has 0 aliphatic rings. The van der Waals surface area contributed by atoms with Crippen LogP contribution >= 0.6 is 11.6 Å². The summed E-state index contributed by atoms with van der Waals surface area (Å²) in [6, 6.07) is 0. The second-order valence-corrected chi connectivity index (χ2v) is 3.58. The minimum absolute atomic E-state index is 0.0179. The maximum atomic E-state index is 5.67. The highest BCUT2D eigenvalue weighted by atomic mass is 35.5. The van der Waals surface area contributed by atoms with Gasteiger partial charge in [-0.05, 0) is 13.3 Å². The van der Waals surface area contributed by atoms with Crippen molar-refractivity contribution in [3.8, 4) is 0 Å². The van der Waals surface area contributed by atoms with Crippen LogP contribution in [0, 0.1) is 0 Å². The van der Waals surface area contributed by atoms with Crippen LogP contribution in [-0.2, 0) is 10.6 Å². The largest absolute Gasteiger partial charge is 0.371 e. The van der Waals surface area contributed by atoms with Crippen molar-refractivity contribution >= 4 is 11.6 Å². The van der Waals surface area contributed by atoms with Crippen LogP contribution in [0.1, 0.15) is 44.2 Å². The first-order valence-corrected chi connectivity index (χ1v) is 5.83. The number of aromatic nitrogens is 2. The van der Waals surface area contributed by atoms with Gasteiger partial charge in [0.2, 0.25) is 0 Å². The molecule has 1 aromatic rings. The van der Waals surface area contributed by atoms with Crippen LogP contribution < -0.4 is 0 Å². The van der Waals surface area contributed by atoms with E-state index in [4.69, 9.17) is 16.3 Å². The summed E-state index contributed by atoms with van der Waals surface area (Å²) >= 11 is 5.67. The molecule has 0 amide bonds. The molecule has 1 aromatic heterocycles. The molecule has 0 saturated heterocycles. The summed E-state index contributed by atoms with van der Waals surface area (Å²) in [5, 5.41) is 0. The SMILES string of the molecule is CCCC(OCC)c1ncc(CCl)cn1. The van der Waals surface area contributed by atoms with Crippen molar-refractivity contribution in [1.82, 2.24) is 9.97 Å². The lowest BCUT2D eigenvalue weighted by Gasteiger charge is -2.14. The van der Waals surface area contributed by atoms with E-state index in [9.17, 15) is 0 Å². The van der Waals surface area contributed by atoms with Crippen molar-refractivity contribution < 1.29 is 4.74 Å². The van der Waals surface area contributed by atoms with Gasteiger partial charge in [0.05, 0.1) is 5.88 Å². The van der Waals surface area contributed by atoms with Crippen LogP contribution in [0.2, 0.25) is 0 Å². The van der Waals surface area contributed by atoms with Crippen molar-refractivity contribution in [2.45, 2.75) is 38.7 Å². The molecule has 3 nitrogen and oxygen atoms in total. The zero-order chi connectivity index (χ0) is 11.1. The van der Waals surface area contributed by atoms with E-state index in [1.165, 1.54) is 0 Å². The van der Waals surface area contributed by atoms with Gasteiger partial charge in [-0.1, -0.05) is 13.3 Å². The fraction of sp³-hybridized carbons (Fsp3) is 0.636. The van der Waals surface area contributed by atoms with Gasteiger partial charge in [-0.2, -0.15) is 0 Å². The van der Waals surface area contributed by atoms with Crippen LogP contribution in [0.15, 0.2) is 12.4 Å². The molecule has 0 aliphatic heterocycles. The molecule has 15 heavy (non-hydrogen) atoms. The summed E-state index contributed by atoms with van der Waals surface area (Å²) in [4.78, 5) is 8.53. The lowest BCUT2D eigenvalue weighted by Crippen LogP contribution is -2.08. The van der Waals surface area contributed by atoms with Crippen LogP contribution in [0.4, 0.5) is 0 Å². The standard InChI is InChI=1S/C11H17ClN2O/c1-3-5-10(15-4-2)11-13-7-9(6-12)8-14-11/h7-8,10H,3-6H2,1-2H3. The molecule has 4 heteroatoms. The van der Waals surface area contributed by atoms with E-state index >= 15 is 0 Å². The molecular formula is C11H17ClN2O. The maximum Gasteiger partial charge on any atom is 0.157 e. The number of alkyl halides is 1. The third kappa shape index (κ3) is 3.76.